The number of carbonyl (C=O) groups excluding carboxylic acids is 1. The number of allylic oxidation sites excluding steroid dienone is 1. The minimum absolute atomic E-state index is 0.307. The van der Waals surface area contributed by atoms with Crippen LogP contribution >= 0.6 is 0 Å². The largest absolute Gasteiger partial charge is 0.300 e. The number of benzene rings is 1. The molecule has 0 aliphatic rings. The van der Waals surface area contributed by atoms with Gasteiger partial charge in [-0.15, -0.1) is 0 Å². The van der Waals surface area contributed by atoms with Crippen LogP contribution in [0, 0.1) is 0 Å². The quantitative estimate of drug-likeness (QED) is 0.691. The molecule has 1 nitrogen and oxygen atoms in total. The van der Waals surface area contributed by atoms with Gasteiger partial charge in [0.15, 0.2) is 0 Å². The lowest BCUT2D eigenvalue weighted by molar-refractivity contribution is -0.118. The maximum Gasteiger partial charge on any atom is 0.132 e. The zero-order valence-electron chi connectivity index (χ0n) is 8.62. The van der Waals surface area contributed by atoms with Crippen molar-refractivity contribution in [3.8, 4) is 0 Å². The highest BCUT2D eigenvalue weighted by Crippen LogP contribution is 2.17. The van der Waals surface area contributed by atoms with Gasteiger partial charge in [-0.3, -0.25) is 4.79 Å². The van der Waals surface area contributed by atoms with Gasteiger partial charge in [0.2, 0.25) is 0 Å². The highest BCUT2D eigenvalue weighted by molar-refractivity contribution is 5.80. The SMILES string of the molecule is C=C(CCC(=O)CC)c1ccccc1. The highest BCUT2D eigenvalue weighted by Gasteiger charge is 2.01. The molecular formula is C13H16O. The summed E-state index contributed by atoms with van der Waals surface area (Å²) in [7, 11) is 0. The molecule has 0 amide bonds. The van der Waals surface area contributed by atoms with Gasteiger partial charge in [-0.25, -0.2) is 0 Å². The Labute approximate surface area is 85.5 Å². The molecule has 0 radical (unpaired) electrons. The predicted molar refractivity (Wildman–Crippen MR) is 60.0 cm³/mol. The molecule has 0 spiro atoms. The van der Waals surface area contributed by atoms with Crippen LogP contribution in [0.3, 0.4) is 0 Å². The molecule has 0 bridgehead atoms. The van der Waals surface area contributed by atoms with Crippen molar-refractivity contribution in [1.82, 2.24) is 0 Å². The third-order valence-corrected chi connectivity index (χ3v) is 2.28. The summed E-state index contributed by atoms with van der Waals surface area (Å²) in [5.74, 6) is 0.307. The van der Waals surface area contributed by atoms with E-state index in [4.69, 9.17) is 0 Å². The van der Waals surface area contributed by atoms with Crippen molar-refractivity contribution < 1.29 is 4.79 Å². The fourth-order valence-electron chi connectivity index (χ4n) is 1.29. The Morgan fingerprint density at radius 3 is 2.43 bits per heavy atom. The first-order valence-corrected chi connectivity index (χ1v) is 4.99. The van der Waals surface area contributed by atoms with Crippen molar-refractivity contribution in [2.75, 3.05) is 0 Å². The van der Waals surface area contributed by atoms with Gasteiger partial charge in [-0.1, -0.05) is 43.8 Å². The Balaban J connectivity index is 2.48. The van der Waals surface area contributed by atoms with E-state index in [-0.39, 0.29) is 0 Å². The monoisotopic (exact) mass is 188 g/mol. The smallest absolute Gasteiger partial charge is 0.132 e. The molecule has 0 saturated heterocycles. The van der Waals surface area contributed by atoms with E-state index in [1.165, 1.54) is 0 Å². The third kappa shape index (κ3) is 3.17. The topological polar surface area (TPSA) is 17.1 Å². The van der Waals surface area contributed by atoms with Gasteiger partial charge in [0.25, 0.3) is 0 Å². The van der Waals surface area contributed by atoms with E-state index in [1.54, 1.807) is 0 Å². The van der Waals surface area contributed by atoms with Crippen LogP contribution in [0.4, 0.5) is 0 Å². The Hall–Kier alpha value is -1.37. The van der Waals surface area contributed by atoms with Gasteiger partial charge < -0.3 is 0 Å². The van der Waals surface area contributed by atoms with Gasteiger partial charge in [0.05, 0.1) is 0 Å². The average Bonchev–Trinajstić information content (AvgIpc) is 2.26. The minimum Gasteiger partial charge on any atom is -0.300 e. The first kappa shape index (κ1) is 10.7. The Kier molecular flexibility index (Phi) is 4.11. The van der Waals surface area contributed by atoms with E-state index >= 15 is 0 Å². The number of ketones is 1. The summed E-state index contributed by atoms with van der Waals surface area (Å²) < 4.78 is 0. The number of hydrogen-bond donors (Lipinski definition) is 0. The molecule has 1 aromatic carbocycles. The molecule has 1 heteroatoms. The van der Waals surface area contributed by atoms with Crippen LogP contribution in [0.1, 0.15) is 31.7 Å². The zero-order chi connectivity index (χ0) is 10.4. The molecule has 1 aromatic rings. The number of carbonyl (C=O) groups is 1. The highest BCUT2D eigenvalue weighted by atomic mass is 16.1. The fraction of sp³-hybridized carbons (Fsp3) is 0.308. The van der Waals surface area contributed by atoms with Gasteiger partial charge in [0.1, 0.15) is 5.78 Å². The second-order valence-corrected chi connectivity index (χ2v) is 3.36. The van der Waals surface area contributed by atoms with E-state index < -0.39 is 0 Å². The van der Waals surface area contributed by atoms with Crippen molar-refractivity contribution in [3.05, 3.63) is 42.5 Å². The lowest BCUT2D eigenvalue weighted by Crippen LogP contribution is -1.95. The first-order chi connectivity index (χ1) is 6.74. The van der Waals surface area contributed by atoms with Crippen molar-refractivity contribution in [1.29, 1.82) is 0 Å². The second-order valence-electron chi connectivity index (χ2n) is 3.36. The third-order valence-electron chi connectivity index (χ3n) is 2.28. The van der Waals surface area contributed by atoms with E-state index in [1.807, 2.05) is 37.3 Å². The molecule has 0 heterocycles. The number of rotatable bonds is 5. The van der Waals surface area contributed by atoms with Crippen molar-refractivity contribution in [2.45, 2.75) is 26.2 Å². The maximum atomic E-state index is 11.1. The van der Waals surface area contributed by atoms with Gasteiger partial charge in [0, 0.05) is 12.8 Å². The molecule has 0 fully saturated rings. The maximum absolute atomic E-state index is 11.1. The van der Waals surface area contributed by atoms with Crippen LogP contribution in [0.15, 0.2) is 36.9 Å². The second kappa shape index (κ2) is 5.38. The summed E-state index contributed by atoms with van der Waals surface area (Å²) >= 11 is 0. The summed E-state index contributed by atoms with van der Waals surface area (Å²) in [6.07, 6.45) is 2.02. The standard InChI is InChI=1S/C13H16O/c1-3-13(14)10-9-11(2)12-7-5-4-6-8-12/h4-8H,2-3,9-10H2,1H3. The summed E-state index contributed by atoms with van der Waals surface area (Å²) in [6, 6.07) is 10.0. The van der Waals surface area contributed by atoms with Crippen LogP contribution in [0.5, 0.6) is 0 Å². The van der Waals surface area contributed by atoms with E-state index in [0.717, 1.165) is 17.6 Å². The summed E-state index contributed by atoms with van der Waals surface area (Å²) in [4.78, 5) is 11.1. The molecule has 0 N–H and O–H groups in total. The lowest BCUT2D eigenvalue weighted by atomic mass is 10.0. The molecule has 0 aromatic heterocycles. The summed E-state index contributed by atoms with van der Waals surface area (Å²) in [5, 5.41) is 0. The van der Waals surface area contributed by atoms with Gasteiger partial charge in [-0.05, 0) is 17.6 Å². The fourth-order valence-corrected chi connectivity index (χ4v) is 1.29. The number of Topliss-reactive ketones (excluding diaryl/α,β-unsaturated/α-hetero) is 1. The van der Waals surface area contributed by atoms with Crippen molar-refractivity contribution in [3.63, 3.8) is 0 Å². The van der Waals surface area contributed by atoms with Crippen LogP contribution in [0.25, 0.3) is 5.57 Å². The molecule has 14 heavy (non-hydrogen) atoms. The van der Waals surface area contributed by atoms with Crippen molar-refractivity contribution in [2.24, 2.45) is 0 Å². The van der Waals surface area contributed by atoms with E-state index in [2.05, 4.69) is 6.58 Å². The molecule has 0 saturated carbocycles. The summed E-state index contributed by atoms with van der Waals surface area (Å²) in [6.45, 7) is 5.88. The predicted octanol–water partition coefficient (Wildman–Crippen LogP) is 3.46. The first-order valence-electron chi connectivity index (χ1n) is 4.99. The molecule has 0 aliphatic carbocycles. The number of hydrogen-bond acceptors (Lipinski definition) is 1. The molecule has 0 atom stereocenters. The molecule has 1 rings (SSSR count). The Bertz CT molecular complexity index is 311. The van der Waals surface area contributed by atoms with Crippen LogP contribution in [0.2, 0.25) is 0 Å². The van der Waals surface area contributed by atoms with Crippen LogP contribution in [-0.4, -0.2) is 5.78 Å². The molecular weight excluding hydrogens is 172 g/mol. The van der Waals surface area contributed by atoms with Crippen molar-refractivity contribution >= 4 is 11.4 Å². The van der Waals surface area contributed by atoms with Gasteiger partial charge in [-0.2, -0.15) is 0 Å². The Morgan fingerprint density at radius 1 is 1.21 bits per heavy atom. The van der Waals surface area contributed by atoms with E-state index in [9.17, 15) is 4.79 Å². The van der Waals surface area contributed by atoms with E-state index in [0.29, 0.717) is 18.6 Å². The van der Waals surface area contributed by atoms with Crippen LogP contribution < -0.4 is 0 Å². The normalized spacial score (nSPS) is 9.79. The minimum atomic E-state index is 0.307. The Morgan fingerprint density at radius 2 is 1.86 bits per heavy atom. The van der Waals surface area contributed by atoms with Gasteiger partial charge >= 0.3 is 0 Å². The summed E-state index contributed by atoms with van der Waals surface area (Å²) in [5.41, 5.74) is 2.18. The molecule has 74 valence electrons. The van der Waals surface area contributed by atoms with Crippen LogP contribution in [-0.2, 0) is 4.79 Å². The zero-order valence-corrected chi connectivity index (χ0v) is 8.62. The average molecular weight is 188 g/mol. The molecule has 0 unspecified atom stereocenters. The lowest BCUT2D eigenvalue weighted by Gasteiger charge is -2.04. The molecule has 0 aliphatic heterocycles.